The summed E-state index contributed by atoms with van der Waals surface area (Å²) in [6, 6.07) is 19.5. The summed E-state index contributed by atoms with van der Waals surface area (Å²) < 4.78 is 5.15. The highest BCUT2D eigenvalue weighted by atomic mass is 32.1. The molecule has 2 amide bonds. The van der Waals surface area contributed by atoms with E-state index in [9.17, 15) is 14.4 Å². The number of hydrogen-bond acceptors (Lipinski definition) is 5. The molecule has 0 radical (unpaired) electrons. The van der Waals surface area contributed by atoms with E-state index in [2.05, 4.69) is 17.6 Å². The van der Waals surface area contributed by atoms with E-state index in [-0.39, 0.29) is 24.5 Å². The first-order valence-corrected chi connectivity index (χ1v) is 10.9. The quantitative estimate of drug-likeness (QED) is 0.471. The van der Waals surface area contributed by atoms with Crippen molar-refractivity contribution in [3.63, 3.8) is 0 Å². The van der Waals surface area contributed by atoms with E-state index in [1.807, 2.05) is 35.7 Å². The molecule has 0 saturated carbocycles. The van der Waals surface area contributed by atoms with Gasteiger partial charge in [0.05, 0.1) is 16.5 Å². The van der Waals surface area contributed by atoms with Gasteiger partial charge in [-0.3, -0.25) is 9.59 Å². The van der Waals surface area contributed by atoms with Crippen LogP contribution in [0.2, 0.25) is 0 Å². The highest BCUT2D eigenvalue weighted by Crippen LogP contribution is 2.18. The molecule has 6 nitrogen and oxygen atoms in total. The van der Waals surface area contributed by atoms with Crippen LogP contribution in [0.25, 0.3) is 0 Å². The van der Waals surface area contributed by atoms with Gasteiger partial charge in [-0.15, -0.1) is 11.3 Å². The summed E-state index contributed by atoms with van der Waals surface area (Å²) in [4.78, 5) is 37.2. The van der Waals surface area contributed by atoms with E-state index in [1.165, 1.54) is 11.3 Å². The summed E-state index contributed by atoms with van der Waals surface area (Å²) >= 11 is 1.35. The van der Waals surface area contributed by atoms with Crippen LogP contribution in [0, 0.1) is 0 Å². The highest BCUT2D eigenvalue weighted by Gasteiger charge is 2.16. The number of hydrogen-bond donors (Lipinski definition) is 2. The molecule has 0 aliphatic carbocycles. The van der Waals surface area contributed by atoms with Gasteiger partial charge in [-0.25, -0.2) is 4.79 Å². The number of carbonyl (C=O) groups is 3. The predicted octanol–water partition coefficient (Wildman–Crippen LogP) is 4.81. The molecule has 3 aromatic rings. The van der Waals surface area contributed by atoms with Gasteiger partial charge in [0, 0.05) is 5.69 Å². The number of carbonyl (C=O) groups excluding carboxylic acids is 3. The lowest BCUT2D eigenvalue weighted by Crippen LogP contribution is -2.32. The molecule has 0 aliphatic rings. The third-order valence-electron chi connectivity index (χ3n) is 4.57. The summed E-state index contributed by atoms with van der Waals surface area (Å²) in [5.74, 6) is -1.16. The Bertz CT molecular complexity index is 1000. The second-order valence-corrected chi connectivity index (χ2v) is 7.85. The Labute approximate surface area is 185 Å². The van der Waals surface area contributed by atoms with Crippen LogP contribution in [-0.2, 0) is 9.53 Å². The molecule has 0 aliphatic heterocycles. The largest absolute Gasteiger partial charge is 0.452 e. The number of benzene rings is 2. The lowest BCUT2D eigenvalue weighted by Gasteiger charge is -2.18. The minimum absolute atomic E-state index is 0.122. The van der Waals surface area contributed by atoms with Crippen molar-refractivity contribution in [1.29, 1.82) is 0 Å². The molecule has 0 spiro atoms. The Hall–Kier alpha value is -3.45. The maximum Gasteiger partial charge on any atom is 0.338 e. The number of ether oxygens (including phenoxy) is 1. The summed E-state index contributed by atoms with van der Waals surface area (Å²) in [7, 11) is 0. The average Bonchev–Trinajstić information content (AvgIpc) is 3.33. The highest BCUT2D eigenvalue weighted by molar-refractivity contribution is 7.12. The van der Waals surface area contributed by atoms with E-state index in [0.717, 1.165) is 18.4 Å². The minimum Gasteiger partial charge on any atom is -0.452 e. The van der Waals surface area contributed by atoms with Gasteiger partial charge in [0.15, 0.2) is 6.61 Å². The van der Waals surface area contributed by atoms with Crippen LogP contribution in [0.5, 0.6) is 0 Å². The van der Waals surface area contributed by atoms with Crippen molar-refractivity contribution >= 4 is 34.8 Å². The zero-order valence-corrected chi connectivity index (χ0v) is 18.0. The van der Waals surface area contributed by atoms with Crippen molar-refractivity contribution in [3.8, 4) is 0 Å². The van der Waals surface area contributed by atoms with Gasteiger partial charge in [0.2, 0.25) is 0 Å². The summed E-state index contributed by atoms with van der Waals surface area (Å²) in [5, 5.41) is 7.52. The van der Waals surface area contributed by atoms with Gasteiger partial charge in [-0.05, 0) is 47.7 Å². The molecule has 1 atom stereocenters. The van der Waals surface area contributed by atoms with Gasteiger partial charge >= 0.3 is 5.97 Å². The standard InChI is InChI=1S/C24H24N2O4S/c1-2-7-20(17-8-4-3-5-9-17)26-22(27)16-30-24(29)18-11-13-19(14-12-18)25-23(28)21-10-6-15-31-21/h3-6,8-15,20H,2,7,16H2,1H3,(H,25,28)(H,26,27). The van der Waals surface area contributed by atoms with Crippen molar-refractivity contribution in [2.24, 2.45) is 0 Å². The smallest absolute Gasteiger partial charge is 0.338 e. The number of nitrogens with one attached hydrogen (secondary N) is 2. The maximum absolute atomic E-state index is 12.3. The zero-order valence-electron chi connectivity index (χ0n) is 17.2. The van der Waals surface area contributed by atoms with Crippen LogP contribution in [0.1, 0.15) is 51.4 Å². The van der Waals surface area contributed by atoms with Crippen LogP contribution in [0.4, 0.5) is 5.69 Å². The van der Waals surface area contributed by atoms with Crippen molar-refractivity contribution < 1.29 is 19.1 Å². The molecular formula is C24H24N2O4S. The first-order valence-electron chi connectivity index (χ1n) is 10.0. The molecule has 1 aromatic heterocycles. The SMILES string of the molecule is CCCC(NC(=O)COC(=O)c1ccc(NC(=O)c2cccs2)cc1)c1ccccc1. The fourth-order valence-corrected chi connectivity index (χ4v) is 3.66. The summed E-state index contributed by atoms with van der Waals surface area (Å²) in [6.07, 6.45) is 1.71. The zero-order chi connectivity index (χ0) is 22.1. The van der Waals surface area contributed by atoms with Crippen molar-refractivity contribution in [2.45, 2.75) is 25.8 Å². The van der Waals surface area contributed by atoms with Gasteiger partial charge in [-0.1, -0.05) is 49.7 Å². The van der Waals surface area contributed by atoms with Gasteiger partial charge in [0.25, 0.3) is 11.8 Å². The summed E-state index contributed by atoms with van der Waals surface area (Å²) in [6.45, 7) is 1.69. The third-order valence-corrected chi connectivity index (χ3v) is 5.44. The lowest BCUT2D eigenvalue weighted by molar-refractivity contribution is -0.125. The molecule has 1 unspecified atom stereocenters. The Morgan fingerprint density at radius 2 is 1.71 bits per heavy atom. The molecule has 7 heteroatoms. The molecule has 1 heterocycles. The fourth-order valence-electron chi connectivity index (χ4n) is 3.04. The minimum atomic E-state index is -0.599. The second-order valence-electron chi connectivity index (χ2n) is 6.90. The molecule has 31 heavy (non-hydrogen) atoms. The van der Waals surface area contributed by atoms with Gasteiger partial charge < -0.3 is 15.4 Å². The van der Waals surface area contributed by atoms with Crippen LogP contribution < -0.4 is 10.6 Å². The van der Waals surface area contributed by atoms with Crippen molar-refractivity contribution in [3.05, 3.63) is 88.1 Å². The molecule has 0 fully saturated rings. The Morgan fingerprint density at radius 1 is 0.968 bits per heavy atom. The van der Waals surface area contributed by atoms with E-state index in [1.54, 1.807) is 36.4 Å². The Balaban J connectivity index is 1.50. The monoisotopic (exact) mass is 436 g/mol. The Morgan fingerprint density at radius 3 is 2.35 bits per heavy atom. The first-order chi connectivity index (χ1) is 15.1. The third kappa shape index (κ3) is 6.52. The van der Waals surface area contributed by atoms with Crippen LogP contribution in [0.15, 0.2) is 72.1 Å². The van der Waals surface area contributed by atoms with Crippen molar-refractivity contribution in [1.82, 2.24) is 5.32 Å². The van der Waals surface area contributed by atoms with Crippen molar-refractivity contribution in [2.75, 3.05) is 11.9 Å². The number of esters is 1. The van der Waals surface area contributed by atoms with E-state index in [0.29, 0.717) is 16.1 Å². The van der Waals surface area contributed by atoms with Gasteiger partial charge in [-0.2, -0.15) is 0 Å². The molecule has 2 aromatic carbocycles. The van der Waals surface area contributed by atoms with E-state index in [4.69, 9.17) is 4.74 Å². The topological polar surface area (TPSA) is 84.5 Å². The number of rotatable bonds is 9. The van der Waals surface area contributed by atoms with Crippen LogP contribution in [0.3, 0.4) is 0 Å². The average molecular weight is 437 g/mol. The molecule has 2 N–H and O–H groups in total. The first kappa shape index (κ1) is 22.2. The number of thiophene rings is 1. The predicted molar refractivity (Wildman–Crippen MR) is 121 cm³/mol. The molecule has 0 bridgehead atoms. The normalized spacial score (nSPS) is 11.4. The van der Waals surface area contributed by atoms with Gasteiger partial charge in [0.1, 0.15) is 0 Å². The van der Waals surface area contributed by atoms with Crippen LogP contribution in [-0.4, -0.2) is 24.4 Å². The Kier molecular flexibility index (Phi) is 7.95. The maximum atomic E-state index is 12.3. The molecule has 3 rings (SSSR count). The number of amides is 2. The fraction of sp³-hybridized carbons (Fsp3) is 0.208. The molecule has 160 valence electrons. The number of anilines is 1. The lowest BCUT2D eigenvalue weighted by atomic mass is 10.0. The van der Waals surface area contributed by atoms with E-state index >= 15 is 0 Å². The molecular weight excluding hydrogens is 412 g/mol. The van der Waals surface area contributed by atoms with Crippen LogP contribution >= 0.6 is 11.3 Å². The second kappa shape index (κ2) is 11.1. The molecule has 0 saturated heterocycles. The summed E-state index contributed by atoms with van der Waals surface area (Å²) in [5.41, 5.74) is 1.89. The van der Waals surface area contributed by atoms with E-state index < -0.39 is 5.97 Å².